The predicted octanol–water partition coefficient (Wildman–Crippen LogP) is 0.857. The highest BCUT2D eigenvalue weighted by atomic mass is 32.2. The van der Waals surface area contributed by atoms with Gasteiger partial charge < -0.3 is 14.6 Å². The summed E-state index contributed by atoms with van der Waals surface area (Å²) in [5.74, 6) is 0.603. The van der Waals surface area contributed by atoms with Crippen molar-refractivity contribution in [3.63, 3.8) is 0 Å². The van der Waals surface area contributed by atoms with Crippen molar-refractivity contribution in [2.75, 3.05) is 33.5 Å². The average molecular weight is 315 g/mol. The average Bonchev–Trinajstić information content (AvgIpc) is 2.97. The van der Waals surface area contributed by atoms with E-state index < -0.39 is 10.0 Å². The zero-order chi connectivity index (χ0) is 15.3. The summed E-state index contributed by atoms with van der Waals surface area (Å²) in [6.45, 7) is 1.21. The lowest BCUT2D eigenvalue weighted by atomic mass is 10.2. The lowest BCUT2D eigenvalue weighted by Gasteiger charge is -2.22. The van der Waals surface area contributed by atoms with Crippen LogP contribution in [0.25, 0.3) is 0 Å². The zero-order valence-electron chi connectivity index (χ0n) is 12.1. The normalized spacial score (nSPS) is 19.8. The van der Waals surface area contributed by atoms with E-state index in [0.717, 1.165) is 6.42 Å². The lowest BCUT2D eigenvalue weighted by Crippen LogP contribution is -2.37. The molecule has 1 aromatic rings. The van der Waals surface area contributed by atoms with Crippen molar-refractivity contribution in [2.45, 2.75) is 23.8 Å². The molecule has 21 heavy (non-hydrogen) atoms. The van der Waals surface area contributed by atoms with E-state index in [1.165, 1.54) is 16.4 Å². The molecule has 0 aliphatic carbocycles. The van der Waals surface area contributed by atoms with E-state index in [2.05, 4.69) is 0 Å². The van der Waals surface area contributed by atoms with Crippen LogP contribution >= 0.6 is 0 Å². The first kappa shape index (κ1) is 16.2. The van der Waals surface area contributed by atoms with Crippen LogP contribution in [0.3, 0.4) is 0 Å². The molecule has 1 aliphatic rings. The minimum Gasteiger partial charge on any atom is -0.491 e. The van der Waals surface area contributed by atoms with Gasteiger partial charge in [-0.3, -0.25) is 0 Å². The Hall–Kier alpha value is -1.15. The standard InChI is InChI=1S/C14H21NO5S/c1-19-9-10-20-13-4-6-14(7-5-13)21(17,18)15-8-2-3-12(15)11-16/h4-7,12,16H,2-3,8-11H2,1H3. The number of rotatable bonds is 7. The smallest absolute Gasteiger partial charge is 0.243 e. The maximum Gasteiger partial charge on any atom is 0.243 e. The molecule has 1 heterocycles. The molecule has 1 aliphatic heterocycles. The zero-order valence-corrected chi connectivity index (χ0v) is 12.9. The van der Waals surface area contributed by atoms with Gasteiger partial charge >= 0.3 is 0 Å². The lowest BCUT2D eigenvalue weighted by molar-refractivity contribution is 0.146. The van der Waals surface area contributed by atoms with Crippen LogP contribution < -0.4 is 4.74 Å². The summed E-state index contributed by atoms with van der Waals surface area (Å²) < 4.78 is 36.7. The first-order valence-electron chi connectivity index (χ1n) is 6.94. The molecule has 1 aromatic carbocycles. The fraction of sp³-hybridized carbons (Fsp3) is 0.571. The summed E-state index contributed by atoms with van der Waals surface area (Å²) in [7, 11) is -1.96. The van der Waals surface area contributed by atoms with Gasteiger partial charge in [0.2, 0.25) is 10.0 Å². The van der Waals surface area contributed by atoms with Crippen molar-refractivity contribution in [1.29, 1.82) is 0 Å². The summed E-state index contributed by atoms with van der Waals surface area (Å²) in [5, 5.41) is 9.27. The van der Waals surface area contributed by atoms with Gasteiger partial charge in [0.25, 0.3) is 0 Å². The SMILES string of the molecule is COCCOc1ccc(S(=O)(=O)N2CCCC2CO)cc1. The molecule has 1 saturated heterocycles. The van der Waals surface area contributed by atoms with Gasteiger partial charge in [-0.1, -0.05) is 0 Å². The Labute approximate surface area is 125 Å². The minimum absolute atomic E-state index is 0.141. The number of aliphatic hydroxyl groups excluding tert-OH is 1. The number of ether oxygens (including phenoxy) is 2. The molecule has 0 aromatic heterocycles. The van der Waals surface area contributed by atoms with Gasteiger partial charge in [0.05, 0.1) is 18.1 Å². The highest BCUT2D eigenvalue weighted by Crippen LogP contribution is 2.26. The number of methoxy groups -OCH3 is 1. The minimum atomic E-state index is -3.55. The molecule has 0 amide bonds. The second kappa shape index (κ2) is 7.22. The predicted molar refractivity (Wildman–Crippen MR) is 77.8 cm³/mol. The molecule has 0 radical (unpaired) electrons. The van der Waals surface area contributed by atoms with Crippen LogP contribution in [-0.4, -0.2) is 57.3 Å². The molecule has 1 unspecified atom stereocenters. The summed E-state index contributed by atoms with van der Waals surface area (Å²) in [4.78, 5) is 0.224. The van der Waals surface area contributed by atoms with Gasteiger partial charge in [-0.2, -0.15) is 4.31 Å². The van der Waals surface area contributed by atoms with Crippen molar-refractivity contribution in [2.24, 2.45) is 0 Å². The fourth-order valence-corrected chi connectivity index (χ4v) is 4.08. The van der Waals surface area contributed by atoms with Crippen LogP contribution in [0.1, 0.15) is 12.8 Å². The molecule has 6 nitrogen and oxygen atoms in total. The molecule has 0 saturated carbocycles. The second-order valence-corrected chi connectivity index (χ2v) is 6.80. The fourth-order valence-electron chi connectivity index (χ4n) is 2.39. The van der Waals surface area contributed by atoms with Crippen molar-refractivity contribution in [3.8, 4) is 5.75 Å². The number of sulfonamides is 1. The Morgan fingerprint density at radius 3 is 2.62 bits per heavy atom. The highest BCUT2D eigenvalue weighted by molar-refractivity contribution is 7.89. The van der Waals surface area contributed by atoms with Gasteiger partial charge in [0.1, 0.15) is 12.4 Å². The van der Waals surface area contributed by atoms with Gasteiger partial charge in [0.15, 0.2) is 0 Å². The van der Waals surface area contributed by atoms with Gasteiger partial charge in [-0.25, -0.2) is 8.42 Å². The third kappa shape index (κ3) is 3.74. The Kier molecular flexibility index (Phi) is 5.58. The van der Waals surface area contributed by atoms with Crippen LogP contribution in [0.15, 0.2) is 29.2 Å². The molecule has 118 valence electrons. The summed E-state index contributed by atoms with van der Waals surface area (Å²) in [5.41, 5.74) is 0. The number of hydrogen-bond acceptors (Lipinski definition) is 5. The van der Waals surface area contributed by atoms with E-state index in [9.17, 15) is 13.5 Å². The monoisotopic (exact) mass is 315 g/mol. The third-order valence-electron chi connectivity index (χ3n) is 3.52. The Morgan fingerprint density at radius 2 is 2.00 bits per heavy atom. The molecular formula is C14H21NO5S. The van der Waals surface area contributed by atoms with Crippen molar-refractivity contribution < 1.29 is 23.0 Å². The Bertz CT molecular complexity index is 543. The number of hydrogen-bond donors (Lipinski definition) is 1. The Balaban J connectivity index is 2.10. The van der Waals surface area contributed by atoms with E-state index in [1.54, 1.807) is 19.2 Å². The topological polar surface area (TPSA) is 76.1 Å². The molecular weight excluding hydrogens is 294 g/mol. The van der Waals surface area contributed by atoms with Crippen molar-refractivity contribution in [1.82, 2.24) is 4.31 Å². The van der Waals surface area contributed by atoms with Crippen LogP contribution in [0.5, 0.6) is 5.75 Å². The molecule has 1 N–H and O–H groups in total. The highest BCUT2D eigenvalue weighted by Gasteiger charge is 2.34. The largest absolute Gasteiger partial charge is 0.491 e. The van der Waals surface area contributed by atoms with Crippen LogP contribution in [-0.2, 0) is 14.8 Å². The van der Waals surface area contributed by atoms with E-state index in [1.807, 2.05) is 0 Å². The van der Waals surface area contributed by atoms with E-state index in [0.29, 0.717) is 31.9 Å². The number of nitrogens with zero attached hydrogens (tertiary/aromatic N) is 1. The Morgan fingerprint density at radius 1 is 1.29 bits per heavy atom. The molecule has 7 heteroatoms. The van der Waals surface area contributed by atoms with E-state index in [4.69, 9.17) is 9.47 Å². The first-order chi connectivity index (χ1) is 10.1. The second-order valence-electron chi connectivity index (χ2n) is 4.91. The number of aliphatic hydroxyl groups is 1. The van der Waals surface area contributed by atoms with E-state index >= 15 is 0 Å². The quantitative estimate of drug-likeness (QED) is 0.755. The maximum atomic E-state index is 12.5. The molecule has 2 rings (SSSR count). The van der Waals surface area contributed by atoms with Crippen molar-refractivity contribution >= 4 is 10.0 Å². The molecule has 1 atom stereocenters. The summed E-state index contributed by atoms with van der Waals surface area (Å²) >= 11 is 0. The number of benzene rings is 1. The summed E-state index contributed by atoms with van der Waals surface area (Å²) in [6, 6.07) is 6.01. The van der Waals surface area contributed by atoms with Crippen LogP contribution in [0.4, 0.5) is 0 Å². The van der Waals surface area contributed by atoms with Crippen LogP contribution in [0, 0.1) is 0 Å². The van der Waals surface area contributed by atoms with E-state index in [-0.39, 0.29) is 17.5 Å². The van der Waals surface area contributed by atoms with Gasteiger partial charge in [-0.15, -0.1) is 0 Å². The van der Waals surface area contributed by atoms with Crippen LogP contribution in [0.2, 0.25) is 0 Å². The van der Waals surface area contributed by atoms with Gasteiger partial charge in [-0.05, 0) is 37.1 Å². The third-order valence-corrected chi connectivity index (χ3v) is 5.49. The molecule has 0 spiro atoms. The first-order valence-corrected chi connectivity index (χ1v) is 8.38. The maximum absolute atomic E-state index is 12.5. The molecule has 0 bridgehead atoms. The van der Waals surface area contributed by atoms with Gasteiger partial charge in [0, 0.05) is 19.7 Å². The molecule has 1 fully saturated rings. The summed E-state index contributed by atoms with van der Waals surface area (Å²) in [6.07, 6.45) is 1.48. The van der Waals surface area contributed by atoms with Crippen molar-refractivity contribution in [3.05, 3.63) is 24.3 Å².